The molecule has 1 heterocycles. The van der Waals surface area contributed by atoms with Crippen molar-refractivity contribution < 1.29 is 14.3 Å². The van der Waals surface area contributed by atoms with Crippen molar-refractivity contribution in [1.29, 1.82) is 0 Å². The number of rotatable bonds is 1. The van der Waals surface area contributed by atoms with E-state index in [0.717, 1.165) is 10.5 Å². The highest BCUT2D eigenvalue weighted by atomic mass is 32.2. The fourth-order valence-corrected chi connectivity index (χ4v) is 3.36. The van der Waals surface area contributed by atoms with Crippen LogP contribution in [0.4, 0.5) is 4.39 Å². The summed E-state index contributed by atoms with van der Waals surface area (Å²) in [5.41, 5.74) is 1.43. The van der Waals surface area contributed by atoms with Gasteiger partial charge in [0.25, 0.3) is 0 Å². The first-order chi connectivity index (χ1) is 8.66. The van der Waals surface area contributed by atoms with Crippen molar-refractivity contribution in [3.05, 3.63) is 59.4 Å². The van der Waals surface area contributed by atoms with Gasteiger partial charge in [0.15, 0.2) is 0 Å². The van der Waals surface area contributed by atoms with Gasteiger partial charge in [0.2, 0.25) is 0 Å². The summed E-state index contributed by atoms with van der Waals surface area (Å²) in [4.78, 5) is 13.0. The van der Waals surface area contributed by atoms with Crippen LogP contribution in [0.25, 0.3) is 0 Å². The van der Waals surface area contributed by atoms with Gasteiger partial charge in [-0.2, -0.15) is 0 Å². The molecule has 1 N–H and O–H groups in total. The molecule has 0 saturated carbocycles. The van der Waals surface area contributed by atoms with Gasteiger partial charge in [-0.3, -0.25) is 4.79 Å². The highest BCUT2D eigenvalue weighted by molar-refractivity contribution is 7.99. The normalized spacial score (nSPS) is 16.8. The number of carboxylic acids is 1. The maximum Gasteiger partial charge on any atom is 0.315 e. The fraction of sp³-hybridized carbons (Fsp3) is 0.0714. The summed E-state index contributed by atoms with van der Waals surface area (Å²) < 4.78 is 13.2. The molecule has 4 heteroatoms. The molecule has 1 aliphatic rings. The molecule has 1 unspecified atom stereocenters. The van der Waals surface area contributed by atoms with E-state index in [1.54, 1.807) is 6.07 Å². The monoisotopic (exact) mass is 260 g/mol. The Labute approximate surface area is 107 Å². The zero-order valence-electron chi connectivity index (χ0n) is 9.26. The van der Waals surface area contributed by atoms with Crippen molar-refractivity contribution in [3.63, 3.8) is 0 Å². The van der Waals surface area contributed by atoms with E-state index in [0.29, 0.717) is 10.5 Å². The van der Waals surface area contributed by atoms with Gasteiger partial charge in [0, 0.05) is 9.79 Å². The number of aliphatic carboxylic acids is 1. The Kier molecular flexibility index (Phi) is 2.59. The SMILES string of the molecule is O=C(O)C1c2ccccc2Sc2cc(F)ccc21. The third-order valence-corrected chi connectivity index (χ3v) is 4.15. The maximum absolute atomic E-state index is 13.2. The topological polar surface area (TPSA) is 37.3 Å². The van der Waals surface area contributed by atoms with E-state index in [4.69, 9.17) is 0 Å². The molecule has 0 aromatic heterocycles. The molecule has 0 fully saturated rings. The van der Waals surface area contributed by atoms with Gasteiger partial charge >= 0.3 is 5.97 Å². The van der Waals surface area contributed by atoms with Crippen LogP contribution in [0.15, 0.2) is 52.3 Å². The predicted molar refractivity (Wildman–Crippen MR) is 66.4 cm³/mol. The number of hydrogen-bond donors (Lipinski definition) is 1. The van der Waals surface area contributed by atoms with Gasteiger partial charge in [-0.25, -0.2) is 4.39 Å². The first-order valence-corrected chi connectivity index (χ1v) is 6.27. The highest BCUT2D eigenvalue weighted by Gasteiger charge is 2.31. The zero-order valence-corrected chi connectivity index (χ0v) is 10.1. The molecule has 0 aliphatic carbocycles. The van der Waals surface area contributed by atoms with Crippen LogP contribution in [0.1, 0.15) is 17.0 Å². The van der Waals surface area contributed by atoms with E-state index in [1.165, 1.54) is 23.9 Å². The molecule has 90 valence electrons. The first kappa shape index (κ1) is 11.3. The van der Waals surface area contributed by atoms with Gasteiger partial charge in [-0.1, -0.05) is 36.0 Å². The van der Waals surface area contributed by atoms with Crippen molar-refractivity contribution in [2.24, 2.45) is 0 Å². The average Bonchev–Trinajstić information content (AvgIpc) is 2.35. The van der Waals surface area contributed by atoms with Crippen molar-refractivity contribution in [2.45, 2.75) is 15.7 Å². The molecule has 2 aromatic rings. The largest absolute Gasteiger partial charge is 0.481 e. The number of carbonyl (C=O) groups is 1. The number of halogens is 1. The lowest BCUT2D eigenvalue weighted by Gasteiger charge is -2.24. The first-order valence-electron chi connectivity index (χ1n) is 5.46. The zero-order chi connectivity index (χ0) is 12.7. The molecule has 0 radical (unpaired) electrons. The van der Waals surface area contributed by atoms with Gasteiger partial charge in [0.1, 0.15) is 11.7 Å². The molecule has 0 spiro atoms. The molecule has 0 bridgehead atoms. The summed E-state index contributed by atoms with van der Waals surface area (Å²) in [6.07, 6.45) is 0. The van der Waals surface area contributed by atoms with Crippen molar-refractivity contribution >= 4 is 17.7 Å². The van der Waals surface area contributed by atoms with Gasteiger partial charge in [0.05, 0.1) is 0 Å². The van der Waals surface area contributed by atoms with Gasteiger partial charge in [-0.05, 0) is 29.3 Å². The summed E-state index contributed by atoms with van der Waals surface area (Å²) in [6, 6.07) is 11.6. The molecule has 2 nitrogen and oxygen atoms in total. The second kappa shape index (κ2) is 4.14. The molecule has 3 rings (SSSR count). The minimum atomic E-state index is -0.907. The molecule has 0 saturated heterocycles. The standard InChI is InChI=1S/C14H9FO2S/c15-8-5-6-10-12(7-8)18-11-4-2-1-3-9(11)13(10)14(16)17/h1-7,13H,(H,16,17). The van der Waals surface area contributed by atoms with Crippen LogP contribution >= 0.6 is 11.8 Å². The Morgan fingerprint density at radius 2 is 1.83 bits per heavy atom. The van der Waals surface area contributed by atoms with Crippen LogP contribution in [0, 0.1) is 5.82 Å². The minimum Gasteiger partial charge on any atom is -0.481 e. The quantitative estimate of drug-likeness (QED) is 0.852. The summed E-state index contributed by atoms with van der Waals surface area (Å²) >= 11 is 1.41. The molecule has 1 aliphatic heterocycles. The van der Waals surface area contributed by atoms with E-state index in [9.17, 15) is 14.3 Å². The van der Waals surface area contributed by atoms with Crippen molar-refractivity contribution in [2.75, 3.05) is 0 Å². The molecular formula is C14H9FO2S. The Morgan fingerprint density at radius 1 is 1.11 bits per heavy atom. The van der Waals surface area contributed by atoms with E-state index in [2.05, 4.69) is 0 Å². The third-order valence-electron chi connectivity index (χ3n) is 2.98. The molecular weight excluding hydrogens is 251 g/mol. The Hall–Kier alpha value is -1.81. The van der Waals surface area contributed by atoms with Crippen molar-refractivity contribution in [1.82, 2.24) is 0 Å². The molecule has 1 atom stereocenters. The van der Waals surface area contributed by atoms with Crippen LogP contribution < -0.4 is 0 Å². The number of hydrogen-bond acceptors (Lipinski definition) is 2. The maximum atomic E-state index is 13.2. The van der Waals surface area contributed by atoms with E-state index in [-0.39, 0.29) is 5.82 Å². The van der Waals surface area contributed by atoms with Crippen LogP contribution in [0.3, 0.4) is 0 Å². The second-order valence-corrected chi connectivity index (χ2v) is 5.18. The Balaban J connectivity index is 2.23. The van der Waals surface area contributed by atoms with Gasteiger partial charge in [-0.15, -0.1) is 0 Å². The summed E-state index contributed by atoms with van der Waals surface area (Å²) in [5.74, 6) is -1.96. The number of fused-ring (bicyclic) bond motifs is 2. The lowest BCUT2D eigenvalue weighted by molar-refractivity contribution is -0.137. The molecule has 0 amide bonds. The lowest BCUT2D eigenvalue weighted by Crippen LogP contribution is -2.17. The van der Waals surface area contributed by atoms with Crippen LogP contribution in [-0.2, 0) is 4.79 Å². The highest BCUT2D eigenvalue weighted by Crippen LogP contribution is 2.45. The number of benzene rings is 2. The average molecular weight is 260 g/mol. The number of carboxylic acid groups (broad SMARTS) is 1. The third kappa shape index (κ3) is 1.69. The van der Waals surface area contributed by atoms with Gasteiger partial charge < -0.3 is 5.11 Å². The van der Waals surface area contributed by atoms with E-state index >= 15 is 0 Å². The van der Waals surface area contributed by atoms with E-state index in [1.807, 2.05) is 24.3 Å². The van der Waals surface area contributed by atoms with Crippen molar-refractivity contribution in [3.8, 4) is 0 Å². The Morgan fingerprint density at radius 3 is 2.61 bits per heavy atom. The summed E-state index contributed by atoms with van der Waals surface area (Å²) in [5, 5.41) is 9.40. The van der Waals surface area contributed by atoms with E-state index < -0.39 is 11.9 Å². The predicted octanol–water partition coefficient (Wildman–Crippen LogP) is 3.51. The van der Waals surface area contributed by atoms with Crippen LogP contribution in [-0.4, -0.2) is 11.1 Å². The smallest absolute Gasteiger partial charge is 0.315 e. The second-order valence-electron chi connectivity index (χ2n) is 4.09. The summed E-state index contributed by atoms with van der Waals surface area (Å²) in [6.45, 7) is 0. The Bertz CT molecular complexity index is 639. The van der Waals surface area contributed by atoms with Crippen LogP contribution in [0.2, 0.25) is 0 Å². The minimum absolute atomic E-state index is 0.343. The summed E-state index contributed by atoms with van der Waals surface area (Å²) in [7, 11) is 0. The fourth-order valence-electron chi connectivity index (χ4n) is 2.20. The lowest BCUT2D eigenvalue weighted by atomic mass is 9.91. The molecule has 2 aromatic carbocycles. The van der Waals surface area contributed by atoms with Crippen LogP contribution in [0.5, 0.6) is 0 Å². The molecule has 18 heavy (non-hydrogen) atoms.